The number of hydrogen-bond acceptors (Lipinski definition) is 7. The fourth-order valence-corrected chi connectivity index (χ4v) is 2.95. The number of hydrogen-bond donors (Lipinski definition) is 5. The number of carbonyl (C=O) groups is 6. The lowest BCUT2D eigenvalue weighted by Crippen LogP contribution is -2.54. The van der Waals surface area contributed by atoms with Crippen LogP contribution in [0, 0.1) is 0 Å². The summed E-state index contributed by atoms with van der Waals surface area (Å²) in [5.41, 5.74) is 4.94. The molecule has 0 saturated heterocycles. The summed E-state index contributed by atoms with van der Waals surface area (Å²) in [5.74, 6) is -4.93. The lowest BCUT2D eigenvalue weighted by atomic mass is 10.1. The van der Waals surface area contributed by atoms with E-state index < -0.39 is 68.2 Å². The van der Waals surface area contributed by atoms with Crippen molar-refractivity contribution >= 4 is 43.6 Å². The second-order valence-electron chi connectivity index (χ2n) is 8.62. The maximum Gasteiger partial charge on any atom is 0.326 e. The lowest BCUT2D eigenvalue weighted by Gasteiger charge is -2.20. The fraction of sp³-hybridized carbons (Fsp3) is 0.684. The van der Waals surface area contributed by atoms with Gasteiger partial charge in [0.2, 0.25) is 23.6 Å². The van der Waals surface area contributed by atoms with Crippen LogP contribution in [0.4, 0.5) is 0 Å². The third kappa shape index (κ3) is 13.4. The molecule has 0 aliphatic rings. The van der Waals surface area contributed by atoms with Crippen molar-refractivity contribution in [3.05, 3.63) is 0 Å². The van der Waals surface area contributed by atoms with E-state index >= 15 is 0 Å². The number of ether oxygens (including phenoxy) is 1. The first-order valence-electron chi connectivity index (χ1n) is 10.2. The zero-order valence-electron chi connectivity index (χ0n) is 19.1. The second-order valence-corrected chi connectivity index (χ2v) is 14.2. The van der Waals surface area contributed by atoms with Crippen LogP contribution in [0.2, 0.25) is 25.7 Å². The Labute approximate surface area is 188 Å². The van der Waals surface area contributed by atoms with Gasteiger partial charge >= 0.3 is 11.9 Å². The predicted octanol–water partition coefficient (Wildman–Crippen LogP) is -0.898. The van der Waals surface area contributed by atoms with Crippen molar-refractivity contribution in [2.45, 2.75) is 76.9 Å². The van der Waals surface area contributed by atoms with Crippen molar-refractivity contribution in [2.24, 2.45) is 5.73 Å². The molecule has 13 heteroatoms. The van der Waals surface area contributed by atoms with Gasteiger partial charge in [-0.05, 0) is 19.9 Å². The molecule has 6 N–H and O–H groups in total. The number of carbonyl (C=O) groups excluding carboxylic acids is 5. The summed E-state index contributed by atoms with van der Waals surface area (Å²) < 4.78 is 5.09. The molecule has 0 aromatic rings. The number of primary amides is 1. The maximum atomic E-state index is 12.2. The monoisotopic (exact) mass is 474 g/mol. The standard InChI is InChI=1S/C19H34N4O8Si/c1-11(21-15(25)6-7-16(26)31-8-9-32(3,4)5)17(27)22-12(2)18(28)23-13(19(29)30)10-14(20)24/h11-13H,6-10H2,1-5H3,(H2,20,24)(H,21,25)(H,22,27)(H,23,28)(H,29,30). The Balaban J connectivity index is 4.44. The molecule has 182 valence electrons. The highest BCUT2D eigenvalue weighted by Crippen LogP contribution is 2.08. The van der Waals surface area contributed by atoms with Gasteiger partial charge in [-0.15, -0.1) is 0 Å². The number of nitrogens with one attached hydrogen (secondary N) is 3. The van der Waals surface area contributed by atoms with Gasteiger partial charge in [-0.2, -0.15) is 0 Å². The van der Waals surface area contributed by atoms with E-state index in [1.807, 2.05) is 0 Å². The summed E-state index contributed by atoms with van der Waals surface area (Å²) in [7, 11) is -1.33. The molecule has 12 nitrogen and oxygen atoms in total. The van der Waals surface area contributed by atoms with Crippen LogP contribution >= 0.6 is 0 Å². The molecule has 0 aliphatic heterocycles. The van der Waals surface area contributed by atoms with E-state index in [2.05, 4.69) is 35.6 Å². The minimum absolute atomic E-state index is 0.124. The van der Waals surface area contributed by atoms with E-state index in [-0.39, 0.29) is 12.8 Å². The van der Waals surface area contributed by atoms with E-state index in [0.29, 0.717) is 6.61 Å². The van der Waals surface area contributed by atoms with Crippen LogP contribution in [-0.2, 0) is 33.5 Å². The summed E-state index contributed by atoms with van der Waals surface area (Å²) in [6.45, 7) is 9.46. The first-order chi connectivity index (χ1) is 14.6. The van der Waals surface area contributed by atoms with Gasteiger partial charge in [0.1, 0.15) is 18.1 Å². The normalized spacial score (nSPS) is 13.8. The average Bonchev–Trinajstić information content (AvgIpc) is 2.64. The summed E-state index contributed by atoms with van der Waals surface area (Å²) in [6, 6.07) is -2.86. The zero-order chi connectivity index (χ0) is 25.1. The first kappa shape index (κ1) is 29.0. The molecule has 0 fully saturated rings. The number of esters is 1. The average molecular weight is 475 g/mol. The molecule has 4 amide bonds. The van der Waals surface area contributed by atoms with Crippen LogP contribution in [0.5, 0.6) is 0 Å². The third-order valence-corrected chi connectivity index (χ3v) is 5.92. The van der Waals surface area contributed by atoms with Gasteiger partial charge < -0.3 is 31.5 Å². The second kappa shape index (κ2) is 13.4. The Bertz CT molecular complexity index is 723. The molecule has 0 rings (SSSR count). The van der Waals surface area contributed by atoms with E-state index in [9.17, 15) is 28.8 Å². The minimum Gasteiger partial charge on any atom is -0.480 e. The fourth-order valence-electron chi connectivity index (χ4n) is 2.24. The molecule has 3 atom stereocenters. The van der Waals surface area contributed by atoms with Crippen LogP contribution < -0.4 is 21.7 Å². The Morgan fingerprint density at radius 2 is 1.44 bits per heavy atom. The van der Waals surface area contributed by atoms with Gasteiger partial charge in [0.05, 0.1) is 19.4 Å². The molecule has 32 heavy (non-hydrogen) atoms. The molecule has 3 unspecified atom stereocenters. The highest BCUT2D eigenvalue weighted by atomic mass is 28.3. The first-order valence-corrected chi connectivity index (χ1v) is 13.9. The van der Waals surface area contributed by atoms with Gasteiger partial charge in [0.25, 0.3) is 0 Å². The molecule has 0 saturated carbocycles. The quantitative estimate of drug-likeness (QED) is 0.158. The number of rotatable bonds is 14. The van der Waals surface area contributed by atoms with Gasteiger partial charge in [-0.25, -0.2) is 4.79 Å². The molecule has 0 bridgehead atoms. The molecular formula is C19H34N4O8Si. The van der Waals surface area contributed by atoms with Crippen LogP contribution in [0.15, 0.2) is 0 Å². The number of carboxylic acids is 1. The molecular weight excluding hydrogens is 440 g/mol. The van der Waals surface area contributed by atoms with Crippen LogP contribution in [0.3, 0.4) is 0 Å². The number of carboxylic acid groups (broad SMARTS) is 1. The van der Waals surface area contributed by atoms with Crippen molar-refractivity contribution < 1.29 is 38.6 Å². The SMILES string of the molecule is CC(NC(=O)CCC(=O)OCC[Si](C)(C)C)C(=O)NC(C)C(=O)NC(CC(N)=O)C(=O)O. The Hall–Kier alpha value is -2.96. The summed E-state index contributed by atoms with van der Waals surface area (Å²) in [5, 5.41) is 15.8. The van der Waals surface area contributed by atoms with Crippen LogP contribution in [0.1, 0.15) is 33.1 Å². The van der Waals surface area contributed by atoms with Gasteiger partial charge in [-0.1, -0.05) is 19.6 Å². The predicted molar refractivity (Wildman–Crippen MR) is 117 cm³/mol. The Morgan fingerprint density at radius 1 is 0.906 bits per heavy atom. The van der Waals surface area contributed by atoms with Crippen molar-refractivity contribution in [2.75, 3.05) is 6.61 Å². The Kier molecular flexibility index (Phi) is 12.2. The molecule has 0 aromatic heterocycles. The van der Waals surface area contributed by atoms with Crippen LogP contribution in [-0.4, -0.2) is 73.5 Å². The number of aliphatic carboxylic acids is 1. The van der Waals surface area contributed by atoms with Gasteiger partial charge in [-0.3, -0.25) is 24.0 Å². The zero-order valence-corrected chi connectivity index (χ0v) is 20.1. The molecule has 0 radical (unpaired) electrons. The Morgan fingerprint density at radius 3 is 1.94 bits per heavy atom. The van der Waals surface area contributed by atoms with Crippen molar-refractivity contribution in [1.29, 1.82) is 0 Å². The van der Waals surface area contributed by atoms with Crippen molar-refractivity contribution in [3.63, 3.8) is 0 Å². The molecule has 0 spiro atoms. The number of nitrogens with two attached hydrogens (primary N) is 1. The lowest BCUT2D eigenvalue weighted by molar-refractivity contribution is -0.144. The molecule has 0 heterocycles. The van der Waals surface area contributed by atoms with E-state index in [1.165, 1.54) is 13.8 Å². The van der Waals surface area contributed by atoms with Crippen LogP contribution in [0.25, 0.3) is 0 Å². The van der Waals surface area contributed by atoms with Crippen molar-refractivity contribution in [1.82, 2.24) is 16.0 Å². The maximum absolute atomic E-state index is 12.2. The molecule has 0 aliphatic carbocycles. The molecule has 0 aromatic carbocycles. The summed E-state index contributed by atoms with van der Waals surface area (Å²) in [6.07, 6.45) is -0.886. The minimum atomic E-state index is -1.53. The van der Waals surface area contributed by atoms with E-state index in [4.69, 9.17) is 15.6 Å². The third-order valence-electron chi connectivity index (χ3n) is 4.21. The van der Waals surface area contributed by atoms with Gasteiger partial charge in [0, 0.05) is 14.5 Å². The topological polar surface area (TPSA) is 194 Å². The summed E-state index contributed by atoms with van der Waals surface area (Å²) in [4.78, 5) is 69.9. The van der Waals surface area contributed by atoms with E-state index in [0.717, 1.165) is 6.04 Å². The highest BCUT2D eigenvalue weighted by molar-refractivity contribution is 6.76. The van der Waals surface area contributed by atoms with E-state index in [1.54, 1.807) is 0 Å². The number of amides is 4. The van der Waals surface area contributed by atoms with Gasteiger partial charge in [0.15, 0.2) is 0 Å². The van der Waals surface area contributed by atoms with Crippen molar-refractivity contribution in [3.8, 4) is 0 Å². The largest absolute Gasteiger partial charge is 0.480 e. The highest BCUT2D eigenvalue weighted by Gasteiger charge is 2.26. The summed E-state index contributed by atoms with van der Waals surface area (Å²) >= 11 is 0. The smallest absolute Gasteiger partial charge is 0.326 e.